The van der Waals surface area contributed by atoms with Gasteiger partial charge in [0, 0.05) is 35.3 Å². The molecule has 0 aliphatic carbocycles. The number of rotatable bonds is 7. The fourth-order valence-corrected chi connectivity index (χ4v) is 5.25. The van der Waals surface area contributed by atoms with Crippen molar-refractivity contribution in [2.24, 2.45) is 0 Å². The molecule has 0 bridgehead atoms. The second kappa shape index (κ2) is 9.92. The summed E-state index contributed by atoms with van der Waals surface area (Å²) in [6, 6.07) is 14.4. The van der Waals surface area contributed by atoms with Gasteiger partial charge in [0.15, 0.2) is 0 Å². The van der Waals surface area contributed by atoms with E-state index in [1.807, 2.05) is 24.3 Å². The van der Waals surface area contributed by atoms with Gasteiger partial charge in [0.25, 0.3) is 0 Å². The first-order valence-corrected chi connectivity index (χ1v) is 13.1. The van der Waals surface area contributed by atoms with E-state index < -0.39 is 0 Å². The van der Waals surface area contributed by atoms with Gasteiger partial charge in [-0.2, -0.15) is 5.10 Å². The number of hydrogen-bond acceptors (Lipinski definition) is 6. The lowest BCUT2D eigenvalue weighted by Crippen LogP contribution is -2.25. The number of halogens is 1. The van der Waals surface area contributed by atoms with Crippen molar-refractivity contribution < 1.29 is 9.13 Å². The minimum Gasteiger partial charge on any atom is -0.491 e. The van der Waals surface area contributed by atoms with E-state index in [1.165, 1.54) is 25.0 Å². The van der Waals surface area contributed by atoms with Gasteiger partial charge in [-0.3, -0.25) is 20.0 Å². The molecule has 9 heteroatoms. The molecule has 8 nitrogen and oxygen atoms in total. The maximum absolute atomic E-state index is 13.5. The summed E-state index contributed by atoms with van der Waals surface area (Å²) in [6.07, 6.45) is 9.61. The Morgan fingerprint density at radius 1 is 0.897 bits per heavy atom. The Morgan fingerprint density at radius 3 is 2.64 bits per heavy atom. The summed E-state index contributed by atoms with van der Waals surface area (Å²) < 4.78 is 19.5. The molecule has 6 aromatic rings. The van der Waals surface area contributed by atoms with E-state index in [4.69, 9.17) is 4.74 Å². The molecule has 7 rings (SSSR count). The van der Waals surface area contributed by atoms with Crippen molar-refractivity contribution in [3.63, 3.8) is 0 Å². The molecule has 0 amide bonds. The van der Waals surface area contributed by atoms with Gasteiger partial charge in [-0.25, -0.2) is 9.37 Å². The molecular weight excluding hydrogens is 493 g/mol. The number of aromatic nitrogens is 6. The maximum Gasteiger partial charge on any atom is 0.138 e. The van der Waals surface area contributed by atoms with Crippen LogP contribution in [0.4, 0.5) is 4.39 Å². The summed E-state index contributed by atoms with van der Waals surface area (Å²) in [5.74, 6) is 0.469. The van der Waals surface area contributed by atoms with Crippen LogP contribution in [0.15, 0.2) is 73.3 Å². The summed E-state index contributed by atoms with van der Waals surface area (Å²) in [5, 5.41) is 9.54. The quantitative estimate of drug-likeness (QED) is 0.275. The van der Waals surface area contributed by atoms with Crippen molar-refractivity contribution in [3.05, 3.63) is 79.1 Å². The second-order valence-corrected chi connectivity index (χ2v) is 9.80. The third-order valence-electron chi connectivity index (χ3n) is 7.27. The summed E-state index contributed by atoms with van der Waals surface area (Å²) in [4.78, 5) is 19.4. The number of benzene rings is 1. The lowest BCUT2D eigenvalue weighted by Gasteiger charge is -2.15. The number of ether oxygens (including phenoxy) is 1. The van der Waals surface area contributed by atoms with Crippen LogP contribution in [0.25, 0.3) is 55.7 Å². The lowest BCUT2D eigenvalue weighted by atomic mass is 10.0. The van der Waals surface area contributed by atoms with Gasteiger partial charge in [0.2, 0.25) is 0 Å². The molecule has 1 aliphatic rings. The molecule has 0 radical (unpaired) electrons. The number of H-pyrrole nitrogens is 2. The summed E-state index contributed by atoms with van der Waals surface area (Å²) >= 11 is 0. The zero-order chi connectivity index (χ0) is 26.2. The summed E-state index contributed by atoms with van der Waals surface area (Å²) in [6.45, 7) is 3.87. The van der Waals surface area contributed by atoms with Crippen molar-refractivity contribution in [2.75, 3.05) is 26.2 Å². The highest BCUT2D eigenvalue weighted by atomic mass is 19.1. The van der Waals surface area contributed by atoms with Crippen molar-refractivity contribution in [1.29, 1.82) is 0 Å². The Hall–Kier alpha value is -4.63. The number of nitrogens with zero attached hydrogens (tertiary/aromatic N) is 5. The van der Waals surface area contributed by atoms with Crippen molar-refractivity contribution in [1.82, 2.24) is 35.0 Å². The van der Waals surface area contributed by atoms with Gasteiger partial charge >= 0.3 is 0 Å². The van der Waals surface area contributed by atoms with Crippen LogP contribution in [0.2, 0.25) is 0 Å². The largest absolute Gasteiger partial charge is 0.491 e. The van der Waals surface area contributed by atoms with Crippen molar-refractivity contribution in [2.45, 2.75) is 12.8 Å². The van der Waals surface area contributed by atoms with Gasteiger partial charge in [0.1, 0.15) is 29.5 Å². The zero-order valence-electron chi connectivity index (χ0n) is 21.2. The number of hydrogen-bond donors (Lipinski definition) is 2. The van der Waals surface area contributed by atoms with Crippen LogP contribution in [0.1, 0.15) is 12.8 Å². The Kier molecular flexibility index (Phi) is 5.97. The highest BCUT2D eigenvalue weighted by molar-refractivity contribution is 6.00. The number of pyridine rings is 3. The van der Waals surface area contributed by atoms with Crippen molar-refractivity contribution >= 4 is 21.9 Å². The Balaban J connectivity index is 1.20. The summed E-state index contributed by atoms with van der Waals surface area (Å²) in [5.41, 5.74) is 6.70. The molecule has 1 aliphatic heterocycles. The fraction of sp³-hybridized carbons (Fsp3) is 0.200. The van der Waals surface area contributed by atoms with Crippen LogP contribution in [-0.2, 0) is 0 Å². The first kappa shape index (κ1) is 23.5. The molecule has 0 spiro atoms. The maximum atomic E-state index is 13.5. The monoisotopic (exact) mass is 519 g/mol. The predicted molar refractivity (Wildman–Crippen MR) is 149 cm³/mol. The van der Waals surface area contributed by atoms with Gasteiger partial charge < -0.3 is 9.72 Å². The molecule has 0 saturated carbocycles. The normalized spacial score (nSPS) is 14.0. The first-order valence-electron chi connectivity index (χ1n) is 13.1. The van der Waals surface area contributed by atoms with E-state index in [0.717, 1.165) is 81.1 Å². The van der Waals surface area contributed by atoms with E-state index in [-0.39, 0.29) is 5.82 Å². The lowest BCUT2D eigenvalue weighted by molar-refractivity contribution is 0.237. The zero-order valence-corrected chi connectivity index (χ0v) is 21.2. The van der Waals surface area contributed by atoms with E-state index >= 15 is 0 Å². The van der Waals surface area contributed by atoms with Gasteiger partial charge in [-0.05, 0) is 73.5 Å². The highest BCUT2D eigenvalue weighted by Gasteiger charge is 2.16. The minimum atomic E-state index is -0.263. The molecular formula is C30H26FN7O. The standard InChI is InChI=1S/C30H26FN7O/c31-21-5-3-19(4-6-21)23-7-8-33-30-24(23)14-27(35-30)29-25-15-26(34-18-28(25)36-37-29)20-13-22(17-32-16-20)39-12-11-38-9-1-2-10-38/h3-8,13-18H,1-2,9-12H2,(H,33,35)(H,36,37). The molecule has 194 valence electrons. The smallest absolute Gasteiger partial charge is 0.138 e. The van der Waals surface area contributed by atoms with Gasteiger partial charge in [-0.1, -0.05) is 12.1 Å². The van der Waals surface area contributed by atoms with Crippen molar-refractivity contribution in [3.8, 4) is 39.5 Å². The summed E-state index contributed by atoms with van der Waals surface area (Å²) in [7, 11) is 0. The molecule has 5 aromatic heterocycles. The average Bonchev–Trinajstić information content (AvgIpc) is 3.73. The highest BCUT2D eigenvalue weighted by Crippen LogP contribution is 2.34. The van der Waals surface area contributed by atoms with Crippen LogP contribution in [0.5, 0.6) is 5.75 Å². The van der Waals surface area contributed by atoms with Crippen LogP contribution in [0, 0.1) is 5.82 Å². The van der Waals surface area contributed by atoms with Gasteiger partial charge in [-0.15, -0.1) is 0 Å². The Morgan fingerprint density at radius 2 is 1.77 bits per heavy atom. The molecule has 1 saturated heterocycles. The number of fused-ring (bicyclic) bond motifs is 2. The molecule has 6 heterocycles. The third kappa shape index (κ3) is 4.61. The van der Waals surface area contributed by atoms with Gasteiger partial charge in [0.05, 0.1) is 29.3 Å². The van der Waals surface area contributed by atoms with Crippen LogP contribution in [-0.4, -0.2) is 61.3 Å². The van der Waals surface area contributed by atoms with E-state index in [2.05, 4.69) is 35.0 Å². The van der Waals surface area contributed by atoms with Crippen LogP contribution >= 0.6 is 0 Å². The van der Waals surface area contributed by atoms with E-state index in [0.29, 0.717) is 6.61 Å². The molecule has 1 fully saturated rings. The first-order chi connectivity index (χ1) is 19.2. The fourth-order valence-electron chi connectivity index (χ4n) is 5.25. The third-order valence-corrected chi connectivity index (χ3v) is 7.27. The molecule has 39 heavy (non-hydrogen) atoms. The Labute approximate surface area is 223 Å². The topological polar surface area (TPSA) is 95.6 Å². The molecule has 0 atom stereocenters. The molecule has 0 unspecified atom stereocenters. The predicted octanol–water partition coefficient (Wildman–Crippen LogP) is 5.84. The van der Waals surface area contributed by atoms with E-state index in [1.54, 1.807) is 36.9 Å². The van der Waals surface area contributed by atoms with E-state index in [9.17, 15) is 4.39 Å². The molecule has 2 N–H and O–H groups in total. The number of nitrogens with one attached hydrogen (secondary N) is 2. The number of aromatic amines is 2. The van der Waals surface area contributed by atoms with Crippen LogP contribution in [0.3, 0.4) is 0 Å². The number of likely N-dealkylation sites (tertiary alicyclic amines) is 1. The SMILES string of the molecule is Fc1ccc(-c2ccnc3[nH]c(-c4n[nH]c5cnc(-c6cncc(OCCN7CCCC7)c6)cc45)cc23)cc1. The average molecular weight is 520 g/mol. The molecule has 1 aromatic carbocycles. The minimum absolute atomic E-state index is 0.263. The van der Waals surface area contributed by atoms with Crippen LogP contribution < -0.4 is 4.74 Å². The second-order valence-electron chi connectivity index (χ2n) is 9.80. The Bertz CT molecular complexity index is 1770.